The van der Waals surface area contributed by atoms with Crippen LogP contribution in [0.25, 0.3) is 0 Å². The lowest BCUT2D eigenvalue weighted by Crippen LogP contribution is -2.54. The van der Waals surface area contributed by atoms with Crippen LogP contribution in [0.1, 0.15) is 83.2 Å². The average molecular weight is 745 g/mol. The number of rotatable bonds is 18. The second kappa shape index (κ2) is 19.6. The van der Waals surface area contributed by atoms with Gasteiger partial charge in [0.05, 0.1) is 15.5 Å². The third-order valence-electron chi connectivity index (χ3n) is 9.24. The molecular weight excluding hydrogens is 693 g/mol. The number of amides is 2. The number of carbonyl (C=O) groups is 3. The first-order valence-corrected chi connectivity index (χ1v) is 21.2. The molecule has 13 heteroatoms. The molecule has 2 amide bonds. The first kappa shape index (κ1) is 39.8. The Bertz CT molecular complexity index is 1500. The van der Waals surface area contributed by atoms with Crippen LogP contribution in [0.2, 0.25) is 0 Å². The van der Waals surface area contributed by atoms with E-state index in [-0.39, 0.29) is 17.3 Å². The summed E-state index contributed by atoms with van der Waals surface area (Å²) in [6.07, 6.45) is 17.2. The van der Waals surface area contributed by atoms with Crippen molar-refractivity contribution in [1.29, 1.82) is 0 Å². The number of ether oxygens (including phenoxy) is 1. The minimum Gasteiger partial charge on any atom is -0.483 e. The number of nitrogens with one attached hydrogen (secondary N) is 3. The average Bonchev–Trinajstić information content (AvgIpc) is 3.24. The molecule has 2 aromatic carbocycles. The van der Waals surface area contributed by atoms with Crippen LogP contribution in [0, 0.1) is 0 Å². The maximum atomic E-state index is 14.3. The van der Waals surface area contributed by atoms with Crippen molar-refractivity contribution in [3.63, 3.8) is 0 Å². The van der Waals surface area contributed by atoms with Crippen LogP contribution >= 0.6 is 23.5 Å². The molecule has 0 saturated heterocycles. The van der Waals surface area contributed by atoms with Crippen LogP contribution in [-0.4, -0.2) is 76.1 Å². The first-order valence-electron chi connectivity index (χ1n) is 17.5. The monoisotopic (exact) mass is 744 g/mol. The Morgan fingerprint density at radius 3 is 2.40 bits per heavy atom. The predicted molar refractivity (Wildman–Crippen MR) is 204 cm³/mol. The number of unbranched alkanes of at least 4 members (excludes halogenated alkanes) is 2. The molecule has 50 heavy (non-hydrogen) atoms. The fraction of sp³-hybridized carbons (Fsp3) is 0.541. The summed E-state index contributed by atoms with van der Waals surface area (Å²) < 4.78 is 24.0. The maximum absolute atomic E-state index is 14.3. The number of hydrogen-bond donors (Lipinski definition) is 4. The van der Waals surface area contributed by atoms with E-state index >= 15 is 0 Å². The summed E-state index contributed by atoms with van der Waals surface area (Å²) in [7, 11) is -1.52. The van der Waals surface area contributed by atoms with E-state index in [9.17, 15) is 23.7 Å². The van der Waals surface area contributed by atoms with Gasteiger partial charge in [0.1, 0.15) is 28.8 Å². The lowest BCUT2D eigenvalue weighted by Gasteiger charge is -2.41. The number of allylic oxidation sites excluding steroid dienone is 1. The molecule has 4 unspecified atom stereocenters. The third kappa shape index (κ3) is 10.5. The lowest BCUT2D eigenvalue weighted by atomic mass is 9.86. The van der Waals surface area contributed by atoms with E-state index in [4.69, 9.17) is 4.74 Å². The largest absolute Gasteiger partial charge is 0.483 e. The highest BCUT2D eigenvalue weighted by Gasteiger charge is 2.40. The van der Waals surface area contributed by atoms with Crippen LogP contribution in [-0.2, 0) is 25.4 Å². The highest BCUT2D eigenvalue weighted by molar-refractivity contribution is 7.98. The summed E-state index contributed by atoms with van der Waals surface area (Å²) in [6, 6.07) is 10.6. The van der Waals surface area contributed by atoms with Crippen LogP contribution in [0.3, 0.4) is 0 Å². The van der Waals surface area contributed by atoms with Gasteiger partial charge in [-0.3, -0.25) is 9.59 Å². The smallest absolute Gasteiger partial charge is 0.327 e. The zero-order chi connectivity index (χ0) is 36.1. The predicted octanol–water partition coefficient (Wildman–Crippen LogP) is 6.24. The number of nitrogens with zero attached hydrogens (tertiary/aromatic N) is 1. The van der Waals surface area contributed by atoms with Crippen molar-refractivity contribution in [1.82, 2.24) is 15.4 Å². The Kier molecular flexibility index (Phi) is 15.6. The quantitative estimate of drug-likeness (QED) is 0.103. The van der Waals surface area contributed by atoms with E-state index < -0.39 is 47.5 Å². The molecule has 10 nitrogen and oxygen atoms in total. The summed E-state index contributed by atoms with van der Waals surface area (Å²) in [5.41, 5.74) is 1.14. The summed E-state index contributed by atoms with van der Waals surface area (Å²) in [6.45, 7) is 4.75. The highest BCUT2D eigenvalue weighted by Crippen LogP contribution is 2.42. The van der Waals surface area contributed by atoms with Gasteiger partial charge < -0.3 is 25.4 Å². The van der Waals surface area contributed by atoms with Gasteiger partial charge >= 0.3 is 5.97 Å². The van der Waals surface area contributed by atoms with Crippen molar-refractivity contribution in [2.75, 3.05) is 36.3 Å². The van der Waals surface area contributed by atoms with Crippen molar-refractivity contribution < 1.29 is 28.4 Å². The number of carbonyl (C=O) groups excluding carboxylic acids is 2. The number of benzene rings is 2. The number of hydrogen-bond acceptors (Lipinski definition) is 8. The molecule has 1 heterocycles. The van der Waals surface area contributed by atoms with Crippen molar-refractivity contribution in [2.45, 2.75) is 105 Å². The summed E-state index contributed by atoms with van der Waals surface area (Å²) >= 11 is 2.79. The second-order valence-electron chi connectivity index (χ2n) is 12.9. The third-order valence-corrected chi connectivity index (χ3v) is 12.0. The highest BCUT2D eigenvalue weighted by atomic mass is 32.2. The number of fused-ring (bicyclic) bond motifs is 1. The Hall–Kier alpha value is -3.00. The maximum Gasteiger partial charge on any atom is 0.327 e. The molecule has 1 aliphatic carbocycles. The van der Waals surface area contributed by atoms with E-state index in [1.54, 1.807) is 42.7 Å². The molecule has 4 rings (SSSR count). The molecular formula is C37H52N4O6S3. The minimum atomic E-state index is -1.52. The van der Waals surface area contributed by atoms with Gasteiger partial charge in [-0.1, -0.05) is 82.0 Å². The number of carboxylic acid groups (broad SMARTS) is 1. The summed E-state index contributed by atoms with van der Waals surface area (Å²) in [5.74, 6) is -1.72. The number of anilines is 1. The van der Waals surface area contributed by atoms with E-state index in [2.05, 4.69) is 52.3 Å². The molecule has 0 fully saturated rings. The summed E-state index contributed by atoms with van der Waals surface area (Å²) in [5, 5.41) is 14.9. The Balaban J connectivity index is 1.61. The molecule has 4 atom stereocenters. The van der Waals surface area contributed by atoms with Gasteiger partial charge in [0.15, 0.2) is 6.61 Å². The van der Waals surface area contributed by atoms with Gasteiger partial charge in [0, 0.05) is 29.9 Å². The van der Waals surface area contributed by atoms with Crippen molar-refractivity contribution in [3.8, 4) is 5.75 Å². The molecule has 0 saturated carbocycles. The molecule has 0 aromatic heterocycles. The molecule has 1 aliphatic heterocycles. The minimum absolute atomic E-state index is 0.179. The van der Waals surface area contributed by atoms with E-state index in [0.717, 1.165) is 74.9 Å². The molecule has 0 spiro atoms. The zero-order valence-corrected chi connectivity index (χ0v) is 32.0. The lowest BCUT2D eigenvalue weighted by molar-refractivity contribution is -0.141. The zero-order valence-electron chi connectivity index (χ0n) is 29.6. The molecule has 2 aromatic rings. The number of aliphatic carboxylic acids is 1. The standard InChI is InChI=1S/C37H52N4O6S3/c1-5-7-19-37(20-8-6-2)25-41(27-17-13-10-14-18-27)29-21-31(49-4)30(22-32(29)50(46)40-37)47-23-33(42)39-34(26-15-11-9-12-16-26)35(43)38-28(24-48-3)36(44)45/h9-13,15-16,21-22,27-28,34,40H,5-8,14,17-20,23-25H2,1-4H3,(H,38,43)(H,39,42)(H,44,45). The van der Waals surface area contributed by atoms with Crippen molar-refractivity contribution in [3.05, 3.63) is 60.2 Å². The topological polar surface area (TPSA) is 137 Å². The first-order chi connectivity index (χ1) is 24.1. The van der Waals surface area contributed by atoms with Gasteiger partial charge in [-0.15, -0.1) is 11.8 Å². The van der Waals surface area contributed by atoms with Crippen LogP contribution in [0.5, 0.6) is 5.75 Å². The molecule has 4 N–H and O–H groups in total. The molecule has 274 valence electrons. The van der Waals surface area contributed by atoms with Gasteiger partial charge in [-0.2, -0.15) is 11.8 Å². The Morgan fingerprint density at radius 1 is 1.08 bits per heavy atom. The Morgan fingerprint density at radius 2 is 1.80 bits per heavy atom. The normalized spacial score (nSPS) is 19.5. The molecule has 0 bridgehead atoms. The number of thioether (sulfide) groups is 2. The van der Waals surface area contributed by atoms with E-state index in [1.807, 2.05) is 6.26 Å². The van der Waals surface area contributed by atoms with Gasteiger partial charge in [0.25, 0.3) is 5.91 Å². The fourth-order valence-corrected chi connectivity index (χ4v) is 9.02. The number of carboxylic acids is 1. The molecule has 2 aliphatic rings. The van der Waals surface area contributed by atoms with Gasteiger partial charge in [0.2, 0.25) is 5.91 Å². The van der Waals surface area contributed by atoms with Crippen LogP contribution < -0.4 is 25.0 Å². The fourth-order valence-electron chi connectivity index (χ4n) is 6.56. The van der Waals surface area contributed by atoms with Crippen LogP contribution in [0.15, 0.2) is 64.4 Å². The van der Waals surface area contributed by atoms with Crippen LogP contribution in [0.4, 0.5) is 5.69 Å². The SMILES string of the molecule is CCCCC1(CCCC)CN(C2CC=CCC2)c2cc(SC)c(OCC(=O)NC(C(=O)NC(CSC)C(=O)O)c3ccccc3)cc2S(=O)N1. The second-order valence-corrected chi connectivity index (χ2v) is 15.9. The van der Waals surface area contributed by atoms with Gasteiger partial charge in [-0.05, 0) is 56.2 Å². The van der Waals surface area contributed by atoms with Gasteiger partial charge in [-0.25, -0.2) is 13.7 Å². The molecule has 0 radical (unpaired) electrons. The van der Waals surface area contributed by atoms with Crippen molar-refractivity contribution >= 4 is 58.0 Å². The van der Waals surface area contributed by atoms with Crippen molar-refractivity contribution in [2.24, 2.45) is 0 Å². The Labute approximate surface area is 307 Å². The summed E-state index contributed by atoms with van der Waals surface area (Å²) in [4.78, 5) is 42.4. The van der Waals surface area contributed by atoms with E-state index in [0.29, 0.717) is 16.2 Å². The van der Waals surface area contributed by atoms with E-state index in [1.165, 1.54) is 23.5 Å².